The van der Waals surface area contributed by atoms with Crippen molar-refractivity contribution in [3.8, 4) is 28.6 Å². The highest BCUT2D eigenvalue weighted by molar-refractivity contribution is 8.00. The average molecular weight is 546 g/mol. The molecule has 2 aromatic heterocycles. The van der Waals surface area contributed by atoms with E-state index in [1.165, 1.54) is 23.1 Å². The highest BCUT2D eigenvalue weighted by Gasteiger charge is 2.20. The lowest BCUT2D eigenvalue weighted by Crippen LogP contribution is -2.22. The number of pyridine rings is 1. The van der Waals surface area contributed by atoms with Gasteiger partial charge in [0.2, 0.25) is 5.91 Å². The van der Waals surface area contributed by atoms with Crippen molar-refractivity contribution < 1.29 is 4.79 Å². The van der Waals surface area contributed by atoms with E-state index in [9.17, 15) is 10.1 Å². The molecular formula is C24H15Cl3N4OS2. The van der Waals surface area contributed by atoms with Gasteiger partial charge in [0, 0.05) is 26.6 Å². The summed E-state index contributed by atoms with van der Waals surface area (Å²) in [5, 5.41) is 16.2. The van der Waals surface area contributed by atoms with Crippen molar-refractivity contribution in [2.75, 3.05) is 5.32 Å². The number of thiazole rings is 1. The van der Waals surface area contributed by atoms with Gasteiger partial charge in [0.25, 0.3) is 0 Å². The van der Waals surface area contributed by atoms with Crippen LogP contribution in [0.3, 0.4) is 0 Å². The fourth-order valence-corrected chi connectivity index (χ4v) is 5.21. The molecule has 4 rings (SSSR count). The lowest BCUT2D eigenvalue weighted by atomic mass is 10.1. The fourth-order valence-electron chi connectivity index (χ4n) is 2.98. The van der Waals surface area contributed by atoms with E-state index in [2.05, 4.69) is 21.4 Å². The summed E-state index contributed by atoms with van der Waals surface area (Å²) in [7, 11) is 0. The molecular weight excluding hydrogens is 531 g/mol. The molecule has 0 bridgehead atoms. The fraction of sp³-hybridized carbons (Fsp3) is 0.0833. The van der Waals surface area contributed by atoms with Gasteiger partial charge in [0.1, 0.15) is 11.1 Å². The third-order valence-electron chi connectivity index (χ3n) is 4.72. The Kier molecular flexibility index (Phi) is 7.77. The number of nitrogens with zero attached hydrogens (tertiary/aromatic N) is 3. The van der Waals surface area contributed by atoms with Crippen LogP contribution in [0.25, 0.3) is 22.5 Å². The predicted molar refractivity (Wildman–Crippen MR) is 141 cm³/mol. The van der Waals surface area contributed by atoms with E-state index < -0.39 is 5.25 Å². The molecule has 5 nitrogen and oxygen atoms in total. The quantitative estimate of drug-likeness (QED) is 0.250. The molecule has 0 aliphatic carbocycles. The Morgan fingerprint density at radius 3 is 2.47 bits per heavy atom. The van der Waals surface area contributed by atoms with E-state index in [1.807, 2.05) is 17.5 Å². The van der Waals surface area contributed by atoms with Crippen LogP contribution in [0.15, 0.2) is 65.0 Å². The zero-order valence-electron chi connectivity index (χ0n) is 17.6. The highest BCUT2D eigenvalue weighted by Crippen LogP contribution is 2.33. The Hall–Kier alpha value is -2.60. The standard InChI is InChI=1S/C24H15Cl3N4OS2/c1-13(22(32)31-24-30-21(12-33-24)18-8-7-17(26)10-19(18)27)34-23-15(11-28)4-9-20(29-23)14-2-5-16(25)6-3-14/h2-10,12-13H,1H3,(H,30,31,32). The van der Waals surface area contributed by atoms with Crippen molar-refractivity contribution in [3.63, 3.8) is 0 Å². The summed E-state index contributed by atoms with van der Waals surface area (Å²) < 4.78 is 0. The normalized spacial score (nSPS) is 11.6. The molecule has 10 heteroatoms. The number of amides is 1. The number of hydrogen-bond donors (Lipinski definition) is 1. The first-order valence-electron chi connectivity index (χ1n) is 9.89. The van der Waals surface area contributed by atoms with Crippen molar-refractivity contribution in [1.82, 2.24) is 9.97 Å². The molecule has 0 radical (unpaired) electrons. The van der Waals surface area contributed by atoms with Crippen LogP contribution in [0, 0.1) is 11.3 Å². The summed E-state index contributed by atoms with van der Waals surface area (Å²) in [5.41, 5.74) is 3.33. The van der Waals surface area contributed by atoms with Gasteiger partial charge in [-0.2, -0.15) is 5.26 Å². The molecule has 34 heavy (non-hydrogen) atoms. The van der Waals surface area contributed by atoms with Crippen LogP contribution in [0.5, 0.6) is 0 Å². The maximum atomic E-state index is 12.8. The number of carbonyl (C=O) groups is 1. The molecule has 4 aromatic rings. The largest absolute Gasteiger partial charge is 0.301 e. The Labute approximate surface area is 219 Å². The molecule has 0 fully saturated rings. The number of benzene rings is 2. The summed E-state index contributed by atoms with van der Waals surface area (Å²) in [4.78, 5) is 21.9. The summed E-state index contributed by atoms with van der Waals surface area (Å²) in [5.74, 6) is -0.254. The maximum absolute atomic E-state index is 12.8. The van der Waals surface area contributed by atoms with Crippen molar-refractivity contribution in [1.29, 1.82) is 5.26 Å². The second-order valence-corrected chi connectivity index (χ2v) is 10.5. The van der Waals surface area contributed by atoms with E-state index in [0.717, 1.165) is 11.1 Å². The van der Waals surface area contributed by atoms with Crippen molar-refractivity contribution >= 4 is 68.9 Å². The third-order valence-corrected chi connectivity index (χ3v) is 7.38. The van der Waals surface area contributed by atoms with E-state index in [-0.39, 0.29) is 5.91 Å². The highest BCUT2D eigenvalue weighted by atomic mass is 35.5. The van der Waals surface area contributed by atoms with Gasteiger partial charge in [0.05, 0.1) is 27.2 Å². The van der Waals surface area contributed by atoms with Gasteiger partial charge >= 0.3 is 0 Å². The Bertz CT molecular complexity index is 1400. The topological polar surface area (TPSA) is 78.7 Å². The number of nitrogens with one attached hydrogen (secondary N) is 1. The van der Waals surface area contributed by atoms with Gasteiger partial charge in [-0.1, -0.05) is 58.7 Å². The number of anilines is 1. The zero-order valence-corrected chi connectivity index (χ0v) is 21.5. The van der Waals surface area contributed by atoms with Gasteiger partial charge in [0.15, 0.2) is 5.13 Å². The summed E-state index contributed by atoms with van der Waals surface area (Å²) in [6.07, 6.45) is 0. The molecule has 2 heterocycles. The molecule has 0 aliphatic heterocycles. The van der Waals surface area contributed by atoms with Gasteiger partial charge in [-0.3, -0.25) is 4.79 Å². The second kappa shape index (κ2) is 10.8. The zero-order chi connectivity index (χ0) is 24.2. The van der Waals surface area contributed by atoms with Crippen LogP contribution in [-0.2, 0) is 4.79 Å². The van der Waals surface area contributed by atoms with Crippen molar-refractivity contribution in [2.24, 2.45) is 0 Å². The SMILES string of the molecule is CC(Sc1nc(-c2ccc(Cl)cc2)ccc1C#N)C(=O)Nc1nc(-c2ccc(Cl)cc2Cl)cs1. The predicted octanol–water partition coefficient (Wildman–Crippen LogP) is 7.82. The van der Waals surface area contributed by atoms with Crippen molar-refractivity contribution in [2.45, 2.75) is 17.2 Å². The van der Waals surface area contributed by atoms with Crippen LogP contribution in [0.2, 0.25) is 15.1 Å². The number of thioether (sulfide) groups is 1. The second-order valence-electron chi connectivity index (χ2n) is 7.08. The van der Waals surface area contributed by atoms with Crippen LogP contribution in [0.1, 0.15) is 12.5 Å². The molecule has 0 saturated heterocycles. The summed E-state index contributed by atoms with van der Waals surface area (Å²) >= 11 is 20.7. The molecule has 1 N–H and O–H groups in total. The van der Waals surface area contributed by atoms with Crippen molar-refractivity contribution in [3.05, 3.63) is 80.6 Å². The van der Waals surface area contributed by atoms with Gasteiger partial charge < -0.3 is 5.32 Å². The van der Waals surface area contributed by atoms with E-state index in [0.29, 0.717) is 42.2 Å². The van der Waals surface area contributed by atoms with Crippen LogP contribution < -0.4 is 5.32 Å². The minimum Gasteiger partial charge on any atom is -0.301 e. The van der Waals surface area contributed by atoms with Crippen LogP contribution in [0.4, 0.5) is 5.13 Å². The number of halogens is 3. The lowest BCUT2D eigenvalue weighted by molar-refractivity contribution is -0.115. The number of aromatic nitrogens is 2. The molecule has 1 amide bonds. The molecule has 0 spiro atoms. The van der Waals surface area contributed by atoms with Crippen LogP contribution in [-0.4, -0.2) is 21.1 Å². The number of hydrogen-bond acceptors (Lipinski definition) is 6. The van der Waals surface area contributed by atoms with Gasteiger partial charge in [-0.25, -0.2) is 9.97 Å². The summed E-state index contributed by atoms with van der Waals surface area (Å²) in [6.45, 7) is 1.75. The van der Waals surface area contributed by atoms with E-state index in [1.54, 1.807) is 49.4 Å². The first-order valence-corrected chi connectivity index (χ1v) is 12.8. The molecule has 1 unspecified atom stereocenters. The Balaban J connectivity index is 1.49. The monoisotopic (exact) mass is 544 g/mol. The lowest BCUT2D eigenvalue weighted by Gasteiger charge is -2.12. The van der Waals surface area contributed by atoms with E-state index in [4.69, 9.17) is 34.8 Å². The molecule has 2 aromatic carbocycles. The smallest absolute Gasteiger partial charge is 0.239 e. The number of nitriles is 1. The van der Waals surface area contributed by atoms with E-state index >= 15 is 0 Å². The minimum atomic E-state index is -0.522. The Morgan fingerprint density at radius 2 is 1.76 bits per heavy atom. The first kappa shape index (κ1) is 24.5. The minimum absolute atomic E-state index is 0.254. The number of carbonyl (C=O) groups excluding carboxylic acids is 1. The summed E-state index contributed by atoms with van der Waals surface area (Å²) in [6, 6.07) is 18.0. The van der Waals surface area contributed by atoms with Gasteiger partial charge in [-0.05, 0) is 49.4 Å². The number of rotatable bonds is 6. The Morgan fingerprint density at radius 1 is 1.03 bits per heavy atom. The molecule has 0 aliphatic rings. The third kappa shape index (κ3) is 5.72. The molecule has 1 atom stereocenters. The van der Waals surface area contributed by atoms with Crippen LogP contribution >= 0.6 is 57.9 Å². The molecule has 0 saturated carbocycles. The maximum Gasteiger partial charge on any atom is 0.239 e. The van der Waals surface area contributed by atoms with Gasteiger partial charge in [-0.15, -0.1) is 11.3 Å². The first-order chi connectivity index (χ1) is 16.3. The molecule has 170 valence electrons. The average Bonchev–Trinajstić information content (AvgIpc) is 3.27.